The van der Waals surface area contributed by atoms with Crippen molar-refractivity contribution < 1.29 is 15.0 Å². The summed E-state index contributed by atoms with van der Waals surface area (Å²) in [5.74, 6) is -0.156. The molecule has 0 aromatic heterocycles. The van der Waals surface area contributed by atoms with Gasteiger partial charge in [0.25, 0.3) is 0 Å². The van der Waals surface area contributed by atoms with Crippen molar-refractivity contribution in [2.45, 2.75) is 26.3 Å². The molecule has 98 valence electrons. The zero-order valence-corrected chi connectivity index (χ0v) is 10.6. The molecule has 0 saturated carbocycles. The van der Waals surface area contributed by atoms with Crippen molar-refractivity contribution in [1.29, 1.82) is 0 Å². The molecule has 0 radical (unpaired) electrons. The number of benzene rings is 1. The Bertz CT molecular complexity index is 445. The highest BCUT2D eigenvalue weighted by molar-refractivity contribution is 5.67. The number of phenols is 1. The first-order valence-electron chi connectivity index (χ1n) is 6.27. The van der Waals surface area contributed by atoms with Crippen LogP contribution in [0, 0.1) is 12.8 Å². The minimum absolute atomic E-state index is 0.245. The molecule has 0 spiro atoms. The first kappa shape index (κ1) is 12.9. The number of nitrogens with zero attached hydrogens (tertiary/aromatic N) is 1. The maximum atomic E-state index is 10.7. The Morgan fingerprint density at radius 1 is 1.50 bits per heavy atom. The summed E-state index contributed by atoms with van der Waals surface area (Å²) >= 11 is 0. The van der Waals surface area contributed by atoms with E-state index >= 15 is 0 Å². The van der Waals surface area contributed by atoms with Crippen molar-refractivity contribution in [3.05, 3.63) is 29.3 Å². The van der Waals surface area contributed by atoms with Crippen LogP contribution in [0.1, 0.15) is 24.0 Å². The molecular weight excluding hydrogens is 230 g/mol. The Balaban J connectivity index is 1.95. The number of carbonyl (C=O) groups is 1. The van der Waals surface area contributed by atoms with Crippen molar-refractivity contribution in [1.82, 2.24) is 4.90 Å². The van der Waals surface area contributed by atoms with E-state index < -0.39 is 5.97 Å². The summed E-state index contributed by atoms with van der Waals surface area (Å²) in [6, 6.07) is 5.59. The van der Waals surface area contributed by atoms with Gasteiger partial charge in [0, 0.05) is 25.1 Å². The van der Waals surface area contributed by atoms with E-state index in [-0.39, 0.29) is 12.3 Å². The van der Waals surface area contributed by atoms with Gasteiger partial charge in [-0.2, -0.15) is 0 Å². The maximum Gasteiger partial charge on any atom is 0.303 e. The maximum absolute atomic E-state index is 10.7. The van der Waals surface area contributed by atoms with Gasteiger partial charge in [-0.3, -0.25) is 9.69 Å². The first-order valence-corrected chi connectivity index (χ1v) is 6.27. The van der Waals surface area contributed by atoms with Gasteiger partial charge < -0.3 is 10.2 Å². The van der Waals surface area contributed by atoms with E-state index in [1.165, 1.54) is 0 Å². The zero-order valence-electron chi connectivity index (χ0n) is 10.6. The molecule has 1 fully saturated rings. The second-order valence-electron chi connectivity index (χ2n) is 5.12. The molecule has 1 aromatic rings. The lowest BCUT2D eigenvalue weighted by molar-refractivity contribution is -0.138. The first-order chi connectivity index (χ1) is 8.54. The van der Waals surface area contributed by atoms with E-state index in [2.05, 4.69) is 4.90 Å². The molecule has 18 heavy (non-hydrogen) atoms. The average molecular weight is 249 g/mol. The fourth-order valence-electron chi connectivity index (χ4n) is 2.55. The Labute approximate surface area is 107 Å². The van der Waals surface area contributed by atoms with Gasteiger partial charge >= 0.3 is 5.97 Å². The third-order valence-electron chi connectivity index (χ3n) is 3.46. The van der Waals surface area contributed by atoms with Crippen LogP contribution >= 0.6 is 0 Å². The Morgan fingerprint density at radius 2 is 2.28 bits per heavy atom. The van der Waals surface area contributed by atoms with Crippen molar-refractivity contribution in [3.8, 4) is 5.75 Å². The monoisotopic (exact) mass is 249 g/mol. The van der Waals surface area contributed by atoms with E-state index in [1.807, 2.05) is 19.1 Å². The van der Waals surface area contributed by atoms with Crippen molar-refractivity contribution >= 4 is 5.97 Å². The summed E-state index contributed by atoms with van der Waals surface area (Å²) in [5.41, 5.74) is 2.05. The Kier molecular flexibility index (Phi) is 3.87. The number of phenolic OH excluding ortho intramolecular Hbond substituents is 1. The fourth-order valence-corrected chi connectivity index (χ4v) is 2.55. The molecule has 1 aliphatic heterocycles. The average Bonchev–Trinajstić information content (AvgIpc) is 2.70. The Morgan fingerprint density at radius 3 is 3.00 bits per heavy atom. The van der Waals surface area contributed by atoms with Crippen molar-refractivity contribution in [2.75, 3.05) is 13.1 Å². The summed E-state index contributed by atoms with van der Waals surface area (Å²) in [7, 11) is 0. The molecule has 2 rings (SSSR count). The van der Waals surface area contributed by atoms with E-state index in [9.17, 15) is 9.90 Å². The lowest BCUT2D eigenvalue weighted by atomic mass is 10.1. The van der Waals surface area contributed by atoms with Gasteiger partial charge in [0.2, 0.25) is 0 Å². The number of likely N-dealkylation sites (tertiary alicyclic amines) is 1. The van der Waals surface area contributed by atoms with Gasteiger partial charge in [-0.1, -0.05) is 17.7 Å². The number of aliphatic carboxylic acids is 1. The van der Waals surface area contributed by atoms with Gasteiger partial charge in [-0.25, -0.2) is 0 Å². The summed E-state index contributed by atoms with van der Waals surface area (Å²) in [6.45, 7) is 4.41. The highest BCUT2D eigenvalue weighted by Crippen LogP contribution is 2.25. The van der Waals surface area contributed by atoms with Gasteiger partial charge in [0.05, 0.1) is 0 Å². The highest BCUT2D eigenvalue weighted by Gasteiger charge is 2.24. The third kappa shape index (κ3) is 3.23. The number of aryl methyl sites for hydroxylation is 1. The number of hydrogen-bond donors (Lipinski definition) is 2. The van der Waals surface area contributed by atoms with Crippen LogP contribution in [0.3, 0.4) is 0 Å². The standard InChI is InChI=1S/C14H19NO3/c1-10-2-3-13(16)12(6-10)9-15-5-4-11(8-15)7-14(17)18/h2-3,6,11,16H,4-5,7-9H2,1H3,(H,17,18). The molecule has 1 heterocycles. The third-order valence-corrected chi connectivity index (χ3v) is 3.46. The van der Waals surface area contributed by atoms with Gasteiger partial charge in [0.1, 0.15) is 5.75 Å². The molecule has 1 unspecified atom stereocenters. The second-order valence-corrected chi connectivity index (χ2v) is 5.12. The van der Waals surface area contributed by atoms with E-state index in [4.69, 9.17) is 5.11 Å². The van der Waals surface area contributed by atoms with Crippen LogP contribution in [0.2, 0.25) is 0 Å². The van der Waals surface area contributed by atoms with E-state index in [0.717, 1.165) is 30.6 Å². The number of rotatable bonds is 4. The Hall–Kier alpha value is -1.55. The van der Waals surface area contributed by atoms with Crippen LogP contribution in [-0.4, -0.2) is 34.2 Å². The normalized spacial score (nSPS) is 20.2. The number of carboxylic acids is 1. The van der Waals surface area contributed by atoms with E-state index in [0.29, 0.717) is 12.3 Å². The molecule has 0 aliphatic carbocycles. The predicted octanol–water partition coefficient (Wildman–Crippen LogP) is 2.00. The minimum Gasteiger partial charge on any atom is -0.508 e. The van der Waals surface area contributed by atoms with Gasteiger partial charge in [-0.15, -0.1) is 0 Å². The number of carboxylic acid groups (broad SMARTS) is 1. The summed E-state index contributed by atoms with van der Waals surface area (Å²) in [6.07, 6.45) is 1.18. The topological polar surface area (TPSA) is 60.8 Å². The summed E-state index contributed by atoms with van der Waals surface area (Å²) < 4.78 is 0. The van der Waals surface area contributed by atoms with Crippen LogP contribution in [0.15, 0.2) is 18.2 Å². The molecular formula is C14H19NO3. The van der Waals surface area contributed by atoms with Crippen molar-refractivity contribution in [3.63, 3.8) is 0 Å². The van der Waals surface area contributed by atoms with Crippen LogP contribution in [0.25, 0.3) is 0 Å². The highest BCUT2D eigenvalue weighted by atomic mass is 16.4. The quantitative estimate of drug-likeness (QED) is 0.856. The minimum atomic E-state index is -0.722. The zero-order chi connectivity index (χ0) is 13.1. The molecule has 1 aliphatic rings. The molecule has 4 heteroatoms. The molecule has 1 atom stereocenters. The number of aromatic hydroxyl groups is 1. The van der Waals surface area contributed by atoms with Gasteiger partial charge in [0.15, 0.2) is 0 Å². The molecule has 4 nitrogen and oxygen atoms in total. The molecule has 1 saturated heterocycles. The SMILES string of the molecule is Cc1ccc(O)c(CN2CCC(CC(=O)O)C2)c1. The van der Waals surface area contributed by atoms with Crippen LogP contribution in [0.5, 0.6) is 5.75 Å². The van der Waals surface area contributed by atoms with Crippen LogP contribution in [0.4, 0.5) is 0 Å². The summed E-state index contributed by atoms with van der Waals surface area (Å²) in [5, 5.41) is 18.6. The van der Waals surface area contributed by atoms with Gasteiger partial charge in [-0.05, 0) is 31.9 Å². The lowest BCUT2D eigenvalue weighted by Crippen LogP contribution is -2.21. The smallest absolute Gasteiger partial charge is 0.303 e. The molecule has 0 bridgehead atoms. The number of hydrogen-bond acceptors (Lipinski definition) is 3. The van der Waals surface area contributed by atoms with E-state index in [1.54, 1.807) is 6.07 Å². The molecule has 2 N–H and O–H groups in total. The van der Waals surface area contributed by atoms with Crippen LogP contribution in [-0.2, 0) is 11.3 Å². The lowest BCUT2D eigenvalue weighted by Gasteiger charge is -2.16. The fraction of sp³-hybridized carbons (Fsp3) is 0.500. The second kappa shape index (κ2) is 5.40. The molecule has 0 amide bonds. The molecule has 1 aromatic carbocycles. The summed E-state index contributed by atoms with van der Waals surface area (Å²) in [4.78, 5) is 12.9. The largest absolute Gasteiger partial charge is 0.508 e. The predicted molar refractivity (Wildman–Crippen MR) is 68.5 cm³/mol. The van der Waals surface area contributed by atoms with Crippen molar-refractivity contribution in [2.24, 2.45) is 5.92 Å². The van der Waals surface area contributed by atoms with Crippen LogP contribution < -0.4 is 0 Å².